The van der Waals surface area contributed by atoms with Gasteiger partial charge in [-0.25, -0.2) is 4.18 Å². The van der Waals surface area contributed by atoms with Crippen molar-refractivity contribution in [2.24, 2.45) is 35.0 Å². The van der Waals surface area contributed by atoms with Crippen molar-refractivity contribution in [1.29, 1.82) is 0 Å². The van der Waals surface area contributed by atoms with Crippen LogP contribution in [0.2, 0.25) is 0 Å². The summed E-state index contributed by atoms with van der Waals surface area (Å²) in [6.07, 6.45) is 16.8. The fourth-order valence-corrected chi connectivity index (χ4v) is 6.99. The van der Waals surface area contributed by atoms with Gasteiger partial charge in [-0.05, 0) is 85.5 Å². The smallest absolute Gasteiger partial charge is 0.264 e. The Morgan fingerprint density at radius 1 is 1.09 bits per heavy atom. The largest absolute Gasteiger partial charge is 0.397 e. The quantitative estimate of drug-likeness (QED) is 0.306. The molecular weight excluding hydrogens is 432 g/mol. The molecule has 6 atom stereocenters. The summed E-state index contributed by atoms with van der Waals surface area (Å²) in [5.41, 5.74) is 3.97. The van der Waals surface area contributed by atoms with Crippen LogP contribution in [0.1, 0.15) is 86.0 Å². The molecular formula is C28H44O4S. The molecule has 0 aromatic heterocycles. The summed E-state index contributed by atoms with van der Waals surface area (Å²) >= 11 is 0. The van der Waals surface area contributed by atoms with Crippen LogP contribution in [0.4, 0.5) is 0 Å². The molecule has 3 aliphatic carbocycles. The van der Waals surface area contributed by atoms with Crippen LogP contribution in [0.5, 0.6) is 0 Å². The molecule has 5 heteroatoms. The highest BCUT2D eigenvalue weighted by atomic mass is 32.3. The minimum atomic E-state index is -4.43. The third kappa shape index (κ3) is 6.49. The van der Waals surface area contributed by atoms with E-state index in [0.29, 0.717) is 54.3 Å². The van der Waals surface area contributed by atoms with Gasteiger partial charge < -0.3 is 0 Å². The number of hydrogen-bond donors (Lipinski definition) is 1. The molecule has 3 aliphatic rings. The third-order valence-electron chi connectivity index (χ3n) is 8.87. The first-order chi connectivity index (χ1) is 15.4. The maximum Gasteiger partial charge on any atom is 0.397 e. The van der Waals surface area contributed by atoms with Gasteiger partial charge in [-0.1, -0.05) is 76.6 Å². The molecule has 0 aliphatic heterocycles. The van der Waals surface area contributed by atoms with Crippen LogP contribution in [0.25, 0.3) is 0 Å². The summed E-state index contributed by atoms with van der Waals surface area (Å²) < 4.78 is 36.2. The predicted octanol–water partition coefficient (Wildman–Crippen LogP) is 7.47. The number of allylic oxidation sites excluding steroid dienone is 6. The minimum Gasteiger partial charge on any atom is -0.264 e. The minimum absolute atomic E-state index is 0.341. The van der Waals surface area contributed by atoms with Gasteiger partial charge in [0.05, 0.1) is 6.10 Å². The first kappa shape index (κ1) is 26.4. The van der Waals surface area contributed by atoms with Crippen molar-refractivity contribution in [1.82, 2.24) is 0 Å². The van der Waals surface area contributed by atoms with Gasteiger partial charge >= 0.3 is 10.4 Å². The third-order valence-corrected chi connectivity index (χ3v) is 9.38. The van der Waals surface area contributed by atoms with Crippen LogP contribution < -0.4 is 0 Å². The molecule has 6 unspecified atom stereocenters. The Bertz CT molecular complexity index is 910. The van der Waals surface area contributed by atoms with E-state index >= 15 is 0 Å². The van der Waals surface area contributed by atoms with Crippen molar-refractivity contribution < 1.29 is 17.2 Å². The van der Waals surface area contributed by atoms with E-state index < -0.39 is 16.5 Å². The molecule has 0 heterocycles. The van der Waals surface area contributed by atoms with Gasteiger partial charge in [0.1, 0.15) is 0 Å². The van der Waals surface area contributed by atoms with Crippen molar-refractivity contribution in [2.45, 2.75) is 92.1 Å². The van der Waals surface area contributed by atoms with Gasteiger partial charge in [-0.15, -0.1) is 0 Å². The van der Waals surface area contributed by atoms with E-state index in [2.05, 4.69) is 65.5 Å². The van der Waals surface area contributed by atoms with Gasteiger partial charge in [-0.2, -0.15) is 8.42 Å². The maximum absolute atomic E-state index is 11.1. The van der Waals surface area contributed by atoms with Gasteiger partial charge in [0, 0.05) is 6.42 Å². The zero-order valence-electron chi connectivity index (χ0n) is 21.2. The highest BCUT2D eigenvalue weighted by Crippen LogP contribution is 2.59. The topological polar surface area (TPSA) is 63.6 Å². The summed E-state index contributed by atoms with van der Waals surface area (Å²) in [4.78, 5) is 0. The second-order valence-electron chi connectivity index (χ2n) is 11.4. The van der Waals surface area contributed by atoms with Crippen LogP contribution >= 0.6 is 0 Å². The van der Waals surface area contributed by atoms with Gasteiger partial charge in [0.2, 0.25) is 0 Å². The summed E-state index contributed by atoms with van der Waals surface area (Å²) in [5, 5.41) is 0. The van der Waals surface area contributed by atoms with E-state index in [4.69, 9.17) is 8.74 Å². The Kier molecular flexibility index (Phi) is 8.51. The molecule has 1 N–H and O–H groups in total. The van der Waals surface area contributed by atoms with Crippen molar-refractivity contribution in [2.75, 3.05) is 0 Å². The zero-order valence-corrected chi connectivity index (χ0v) is 22.0. The first-order valence-electron chi connectivity index (χ1n) is 12.8. The standard InChI is InChI=1S/C28H44O4S/c1-19(2)20(3)9-10-22(5)26-15-16-27-23(8-7-17-28(26,27)6)12-13-24-18-25(14-11-21(24)4)32-33(29,30)31/h9-10,12-13,19-20,22,25-27H,4,7-8,11,14-18H2,1-3,5-6H3,(H,29,30,31). The number of rotatable bonds is 7. The molecule has 0 bridgehead atoms. The fraction of sp³-hybridized carbons (Fsp3) is 0.714. The number of fused-ring (bicyclic) bond motifs is 1. The fourth-order valence-electron chi connectivity index (χ4n) is 6.49. The molecule has 0 aromatic carbocycles. The molecule has 0 saturated heterocycles. The average molecular weight is 477 g/mol. The molecule has 0 radical (unpaired) electrons. The SMILES string of the molecule is C=C1CCC(OS(=O)(=O)O)CC1=CC=C1CCCC2(C)C1CCC2C(C)C=CC(C)C(C)C. The molecule has 3 rings (SSSR count). The molecule has 0 amide bonds. The van der Waals surface area contributed by atoms with E-state index in [1.54, 1.807) is 0 Å². The Morgan fingerprint density at radius 3 is 2.48 bits per heavy atom. The highest BCUT2D eigenvalue weighted by Gasteiger charge is 2.50. The molecule has 3 saturated carbocycles. The van der Waals surface area contributed by atoms with Crippen LogP contribution in [0.3, 0.4) is 0 Å². The lowest BCUT2D eigenvalue weighted by atomic mass is 9.61. The summed E-state index contributed by atoms with van der Waals surface area (Å²) in [6, 6.07) is 0. The lowest BCUT2D eigenvalue weighted by Gasteiger charge is -2.44. The lowest BCUT2D eigenvalue weighted by Crippen LogP contribution is -2.35. The van der Waals surface area contributed by atoms with E-state index in [9.17, 15) is 8.42 Å². The average Bonchev–Trinajstić information content (AvgIpc) is 3.08. The molecule has 0 spiro atoms. The van der Waals surface area contributed by atoms with Crippen molar-refractivity contribution in [3.05, 3.63) is 47.6 Å². The lowest BCUT2D eigenvalue weighted by molar-refractivity contribution is 0.112. The van der Waals surface area contributed by atoms with Crippen LogP contribution in [-0.4, -0.2) is 19.1 Å². The monoisotopic (exact) mass is 476 g/mol. The molecule has 33 heavy (non-hydrogen) atoms. The van der Waals surface area contributed by atoms with Crippen LogP contribution in [-0.2, 0) is 14.6 Å². The van der Waals surface area contributed by atoms with E-state index in [1.165, 1.54) is 31.3 Å². The molecule has 3 fully saturated rings. The molecule has 4 nitrogen and oxygen atoms in total. The van der Waals surface area contributed by atoms with E-state index in [-0.39, 0.29) is 0 Å². The van der Waals surface area contributed by atoms with Crippen LogP contribution in [0, 0.1) is 35.0 Å². The zero-order chi connectivity index (χ0) is 24.4. The Labute approximate surface area is 202 Å². The normalized spacial score (nSPS) is 35.5. The Balaban J connectivity index is 1.75. The van der Waals surface area contributed by atoms with Crippen LogP contribution in [0.15, 0.2) is 47.6 Å². The summed E-state index contributed by atoms with van der Waals surface area (Å²) in [7, 11) is -4.43. The maximum atomic E-state index is 11.1. The second kappa shape index (κ2) is 10.6. The highest BCUT2D eigenvalue weighted by molar-refractivity contribution is 7.80. The molecule has 186 valence electrons. The Morgan fingerprint density at radius 2 is 1.82 bits per heavy atom. The summed E-state index contributed by atoms with van der Waals surface area (Å²) in [5.74, 6) is 3.22. The second-order valence-corrected chi connectivity index (χ2v) is 12.4. The number of hydrogen-bond acceptors (Lipinski definition) is 3. The van der Waals surface area contributed by atoms with Gasteiger partial charge in [0.25, 0.3) is 0 Å². The van der Waals surface area contributed by atoms with Crippen molar-refractivity contribution in [3.63, 3.8) is 0 Å². The predicted molar refractivity (Wildman–Crippen MR) is 136 cm³/mol. The van der Waals surface area contributed by atoms with Crippen molar-refractivity contribution in [3.8, 4) is 0 Å². The van der Waals surface area contributed by atoms with Gasteiger partial charge in [-0.3, -0.25) is 4.55 Å². The first-order valence-corrected chi connectivity index (χ1v) is 14.2. The van der Waals surface area contributed by atoms with E-state index in [0.717, 1.165) is 17.6 Å². The van der Waals surface area contributed by atoms with Gasteiger partial charge in [0.15, 0.2) is 0 Å². The summed E-state index contributed by atoms with van der Waals surface area (Å²) in [6.45, 7) is 16.0. The molecule has 0 aromatic rings. The van der Waals surface area contributed by atoms with E-state index in [1.807, 2.05) is 0 Å². The van der Waals surface area contributed by atoms with Crippen molar-refractivity contribution >= 4 is 10.4 Å². The Hall–Kier alpha value is -1.17.